The van der Waals surface area contributed by atoms with Crippen LogP contribution >= 0.6 is 23.1 Å². The van der Waals surface area contributed by atoms with Gasteiger partial charge in [0, 0.05) is 11.1 Å². The SMILES string of the molecule is CC#C/C(Sc1cccc(F)c1C)=c1\s/c(=C\c2ccccn2)n(CC(=O)OC)c1=O. The number of ether oxygens (including phenoxy) is 1. The van der Waals surface area contributed by atoms with Gasteiger partial charge >= 0.3 is 5.97 Å². The van der Waals surface area contributed by atoms with Crippen molar-refractivity contribution in [1.29, 1.82) is 0 Å². The molecule has 0 aliphatic heterocycles. The maximum absolute atomic E-state index is 14.0. The molecule has 0 aliphatic rings. The van der Waals surface area contributed by atoms with Crippen molar-refractivity contribution in [3.05, 3.63) is 79.2 Å². The Bertz CT molecular complexity index is 1350. The van der Waals surface area contributed by atoms with Crippen molar-refractivity contribution < 1.29 is 13.9 Å². The molecule has 0 amide bonds. The van der Waals surface area contributed by atoms with Gasteiger partial charge in [0.1, 0.15) is 21.6 Å². The average molecular weight is 455 g/mol. The number of benzene rings is 1. The number of pyridine rings is 1. The standard InChI is InChI=1S/C23H19FN2O3S2/c1-4-8-19(30-18-11-7-10-17(24)15(18)2)22-23(28)26(14-21(27)29-3)20(31-22)13-16-9-5-6-12-25-16/h5-7,9-13H,14H2,1-3H3/b20-13-,22-19+. The van der Waals surface area contributed by atoms with Crippen LogP contribution < -0.4 is 14.8 Å². The lowest BCUT2D eigenvalue weighted by Crippen LogP contribution is -2.34. The van der Waals surface area contributed by atoms with E-state index in [9.17, 15) is 14.0 Å². The first-order valence-electron chi connectivity index (χ1n) is 9.23. The topological polar surface area (TPSA) is 61.2 Å². The molecule has 0 aliphatic carbocycles. The summed E-state index contributed by atoms with van der Waals surface area (Å²) in [5, 5.41) is 0. The second kappa shape index (κ2) is 10.2. The molecule has 5 nitrogen and oxygen atoms in total. The van der Waals surface area contributed by atoms with Gasteiger partial charge in [-0.2, -0.15) is 0 Å². The molecule has 2 heterocycles. The summed E-state index contributed by atoms with van der Waals surface area (Å²) in [4.78, 5) is 30.6. The summed E-state index contributed by atoms with van der Waals surface area (Å²) in [5.41, 5.74) is 0.761. The summed E-state index contributed by atoms with van der Waals surface area (Å²) in [6.45, 7) is 3.11. The summed E-state index contributed by atoms with van der Waals surface area (Å²) >= 11 is 2.43. The number of carbonyl (C=O) groups is 1. The molecule has 0 N–H and O–H groups in total. The number of nitrogens with zero attached hydrogens (tertiary/aromatic N) is 2. The Morgan fingerprint density at radius 2 is 2.13 bits per heavy atom. The number of halogens is 1. The Labute approximate surface area is 186 Å². The molecule has 0 fully saturated rings. The third-order valence-corrected chi connectivity index (χ3v) is 6.69. The van der Waals surface area contributed by atoms with E-state index in [0.29, 0.717) is 30.3 Å². The minimum absolute atomic E-state index is 0.235. The monoisotopic (exact) mass is 454 g/mol. The summed E-state index contributed by atoms with van der Waals surface area (Å²) in [5.74, 6) is 4.92. The molecule has 3 rings (SSSR count). The van der Waals surface area contributed by atoms with E-state index in [4.69, 9.17) is 4.74 Å². The van der Waals surface area contributed by atoms with Crippen LogP contribution in [0.1, 0.15) is 18.2 Å². The van der Waals surface area contributed by atoms with Crippen LogP contribution in [0.25, 0.3) is 11.0 Å². The van der Waals surface area contributed by atoms with E-state index in [1.54, 1.807) is 50.4 Å². The first-order chi connectivity index (χ1) is 14.9. The Kier molecular flexibility index (Phi) is 7.45. The van der Waals surface area contributed by atoms with Crippen LogP contribution in [0.15, 0.2) is 52.3 Å². The first kappa shape index (κ1) is 22.5. The molecule has 1 aromatic carbocycles. The number of hydrogen-bond acceptors (Lipinski definition) is 6. The second-order valence-electron chi connectivity index (χ2n) is 6.30. The molecule has 2 aromatic heterocycles. The third kappa shape index (κ3) is 5.32. The van der Waals surface area contributed by atoms with Crippen LogP contribution in [-0.4, -0.2) is 22.6 Å². The van der Waals surface area contributed by atoms with Crippen LogP contribution in [0.4, 0.5) is 4.39 Å². The van der Waals surface area contributed by atoms with Gasteiger partial charge in [-0.1, -0.05) is 29.8 Å². The fourth-order valence-corrected chi connectivity index (χ4v) is 4.85. The van der Waals surface area contributed by atoms with Crippen LogP contribution in [-0.2, 0) is 16.1 Å². The highest BCUT2D eigenvalue weighted by Gasteiger charge is 2.14. The maximum atomic E-state index is 14.0. The smallest absolute Gasteiger partial charge is 0.325 e. The summed E-state index contributed by atoms with van der Waals surface area (Å²) in [6, 6.07) is 10.2. The molecule has 0 radical (unpaired) electrons. The van der Waals surface area contributed by atoms with Gasteiger partial charge in [0.15, 0.2) is 0 Å². The van der Waals surface area contributed by atoms with Gasteiger partial charge in [-0.05, 0) is 49.8 Å². The lowest BCUT2D eigenvalue weighted by Gasteiger charge is -2.05. The minimum atomic E-state index is -0.543. The number of thioether (sulfide) groups is 1. The van der Waals surface area contributed by atoms with Crippen LogP contribution in [0, 0.1) is 24.6 Å². The van der Waals surface area contributed by atoms with Crippen molar-refractivity contribution in [2.45, 2.75) is 25.3 Å². The molecule has 158 valence electrons. The highest BCUT2D eigenvalue weighted by molar-refractivity contribution is 8.08. The van der Waals surface area contributed by atoms with Crippen molar-refractivity contribution >= 4 is 40.0 Å². The van der Waals surface area contributed by atoms with Crippen molar-refractivity contribution in [2.75, 3.05) is 7.11 Å². The quantitative estimate of drug-likeness (QED) is 0.337. The van der Waals surface area contributed by atoms with Gasteiger partial charge in [-0.25, -0.2) is 4.39 Å². The predicted octanol–water partition coefficient (Wildman–Crippen LogP) is 2.68. The zero-order valence-corrected chi connectivity index (χ0v) is 18.8. The number of carbonyl (C=O) groups excluding carboxylic acids is 1. The van der Waals surface area contributed by atoms with Gasteiger partial charge in [-0.3, -0.25) is 19.1 Å². The van der Waals surface area contributed by atoms with Crippen molar-refractivity contribution in [1.82, 2.24) is 9.55 Å². The van der Waals surface area contributed by atoms with Crippen LogP contribution in [0.2, 0.25) is 0 Å². The van der Waals surface area contributed by atoms with E-state index in [1.165, 1.54) is 40.8 Å². The van der Waals surface area contributed by atoms with Gasteiger partial charge in [0.2, 0.25) is 0 Å². The van der Waals surface area contributed by atoms with Crippen molar-refractivity contribution in [3.8, 4) is 11.8 Å². The molecule has 0 saturated carbocycles. The minimum Gasteiger partial charge on any atom is -0.468 e. The number of hydrogen-bond donors (Lipinski definition) is 0. The number of rotatable bonds is 5. The Balaban J connectivity index is 2.27. The predicted molar refractivity (Wildman–Crippen MR) is 122 cm³/mol. The maximum Gasteiger partial charge on any atom is 0.325 e. The van der Waals surface area contributed by atoms with Gasteiger partial charge in [0.25, 0.3) is 5.56 Å². The molecule has 0 atom stereocenters. The molecular weight excluding hydrogens is 435 g/mol. The molecule has 0 saturated heterocycles. The van der Waals surface area contributed by atoms with E-state index in [-0.39, 0.29) is 17.9 Å². The average Bonchev–Trinajstić information content (AvgIpc) is 3.06. The second-order valence-corrected chi connectivity index (χ2v) is 8.39. The zero-order valence-electron chi connectivity index (χ0n) is 17.1. The largest absolute Gasteiger partial charge is 0.468 e. The fourth-order valence-electron chi connectivity index (χ4n) is 2.66. The van der Waals surface area contributed by atoms with E-state index in [0.717, 1.165) is 0 Å². The molecular formula is C23H19FN2O3S2. The van der Waals surface area contributed by atoms with E-state index in [2.05, 4.69) is 16.8 Å². The Morgan fingerprint density at radius 1 is 1.32 bits per heavy atom. The number of aromatic nitrogens is 2. The van der Waals surface area contributed by atoms with E-state index in [1.807, 2.05) is 6.07 Å². The van der Waals surface area contributed by atoms with Crippen molar-refractivity contribution in [3.63, 3.8) is 0 Å². The first-order valence-corrected chi connectivity index (χ1v) is 10.9. The zero-order chi connectivity index (χ0) is 22.4. The molecule has 8 heteroatoms. The molecule has 0 spiro atoms. The number of methoxy groups -OCH3 is 1. The van der Waals surface area contributed by atoms with Gasteiger partial charge < -0.3 is 4.74 Å². The fraction of sp³-hybridized carbons (Fsp3) is 0.174. The summed E-state index contributed by atoms with van der Waals surface area (Å²) in [6.07, 6.45) is 3.37. The normalized spacial score (nSPS) is 12.2. The molecule has 31 heavy (non-hydrogen) atoms. The van der Waals surface area contributed by atoms with Crippen LogP contribution in [0.3, 0.4) is 0 Å². The highest BCUT2D eigenvalue weighted by Crippen LogP contribution is 2.30. The Morgan fingerprint density at radius 3 is 2.81 bits per heavy atom. The van der Waals surface area contributed by atoms with E-state index < -0.39 is 5.97 Å². The molecule has 0 bridgehead atoms. The third-order valence-electron chi connectivity index (χ3n) is 4.26. The number of thiazole rings is 1. The van der Waals surface area contributed by atoms with E-state index >= 15 is 0 Å². The number of esters is 1. The Hall–Kier alpha value is -3.15. The van der Waals surface area contributed by atoms with Crippen LogP contribution in [0.5, 0.6) is 0 Å². The van der Waals surface area contributed by atoms with Gasteiger partial charge in [-0.15, -0.1) is 17.3 Å². The lowest BCUT2D eigenvalue weighted by atomic mass is 10.2. The summed E-state index contributed by atoms with van der Waals surface area (Å²) < 4.78 is 21.0. The molecule has 3 aromatic rings. The van der Waals surface area contributed by atoms with Crippen molar-refractivity contribution in [2.24, 2.45) is 0 Å². The van der Waals surface area contributed by atoms with Gasteiger partial charge in [0.05, 0.1) is 17.7 Å². The lowest BCUT2D eigenvalue weighted by molar-refractivity contribution is -0.141. The molecule has 0 unspecified atom stereocenters. The highest BCUT2D eigenvalue weighted by atomic mass is 32.2. The summed E-state index contributed by atoms with van der Waals surface area (Å²) in [7, 11) is 1.27.